The second kappa shape index (κ2) is 6.32. The molecule has 134 valence electrons. The number of rotatable bonds is 2. The van der Waals surface area contributed by atoms with Crippen LogP contribution >= 0.6 is 0 Å². The minimum Gasteiger partial charge on any atom is -0.508 e. The van der Waals surface area contributed by atoms with E-state index in [1.165, 1.54) is 4.52 Å². The number of aromatic hydroxyl groups is 1. The first-order valence-electron chi connectivity index (χ1n) is 8.88. The Hall–Kier alpha value is -3.99. The summed E-state index contributed by atoms with van der Waals surface area (Å²) in [7, 11) is 0. The van der Waals surface area contributed by atoms with Crippen molar-refractivity contribution >= 4 is 16.6 Å². The molecule has 0 aliphatic heterocycles. The molecule has 5 rings (SSSR count). The van der Waals surface area contributed by atoms with Crippen LogP contribution in [0.2, 0.25) is 0 Å². The van der Waals surface area contributed by atoms with Gasteiger partial charge in [-0.1, -0.05) is 54.6 Å². The molecule has 5 heteroatoms. The van der Waals surface area contributed by atoms with Gasteiger partial charge in [0.15, 0.2) is 5.65 Å². The largest absolute Gasteiger partial charge is 0.508 e. The van der Waals surface area contributed by atoms with Crippen LogP contribution in [0.3, 0.4) is 0 Å². The molecule has 5 aromatic rings. The second-order valence-electron chi connectivity index (χ2n) is 6.52. The summed E-state index contributed by atoms with van der Waals surface area (Å²) in [4.78, 5) is 17.6. The molecule has 0 saturated heterocycles. The van der Waals surface area contributed by atoms with E-state index in [2.05, 4.69) is 10.1 Å². The van der Waals surface area contributed by atoms with E-state index in [-0.39, 0.29) is 11.3 Å². The lowest BCUT2D eigenvalue weighted by Crippen LogP contribution is -2.18. The summed E-state index contributed by atoms with van der Waals surface area (Å²) in [6.07, 6.45) is 0. The number of phenolic OH excluding ortho intramolecular Hbond substituents is 1. The van der Waals surface area contributed by atoms with Crippen LogP contribution in [0.4, 0.5) is 0 Å². The molecule has 0 spiro atoms. The Balaban J connectivity index is 1.89. The molecule has 0 aliphatic rings. The third-order valence-corrected chi connectivity index (χ3v) is 4.73. The Morgan fingerprint density at radius 1 is 0.786 bits per heavy atom. The zero-order valence-electron chi connectivity index (χ0n) is 14.8. The summed E-state index contributed by atoms with van der Waals surface area (Å²) < 4.78 is 1.36. The average molecular weight is 365 g/mol. The molecular weight excluding hydrogens is 350 g/mol. The molecular formula is C23H15N3O2. The van der Waals surface area contributed by atoms with Crippen molar-refractivity contribution in [2.24, 2.45) is 0 Å². The van der Waals surface area contributed by atoms with Gasteiger partial charge in [0, 0.05) is 11.1 Å². The molecule has 2 heterocycles. The third-order valence-electron chi connectivity index (χ3n) is 4.73. The van der Waals surface area contributed by atoms with E-state index in [9.17, 15) is 9.90 Å². The minimum absolute atomic E-state index is 0.194. The number of fused-ring (bicyclic) bond motifs is 2. The highest BCUT2D eigenvalue weighted by Crippen LogP contribution is 2.31. The molecule has 0 atom stereocenters. The van der Waals surface area contributed by atoms with Gasteiger partial charge in [0.25, 0.3) is 5.56 Å². The molecule has 0 bridgehead atoms. The van der Waals surface area contributed by atoms with E-state index >= 15 is 0 Å². The summed E-state index contributed by atoms with van der Waals surface area (Å²) in [5.74, 6) is 0.194. The van der Waals surface area contributed by atoms with Gasteiger partial charge in [-0.05, 0) is 35.9 Å². The number of hydrogen-bond acceptors (Lipinski definition) is 4. The van der Waals surface area contributed by atoms with Gasteiger partial charge in [-0.3, -0.25) is 4.79 Å². The molecule has 0 aliphatic carbocycles. The summed E-state index contributed by atoms with van der Waals surface area (Å²) in [5.41, 5.74) is 4.22. The third kappa shape index (κ3) is 2.61. The van der Waals surface area contributed by atoms with Crippen molar-refractivity contribution in [1.29, 1.82) is 0 Å². The van der Waals surface area contributed by atoms with Gasteiger partial charge in [0.05, 0.1) is 16.6 Å². The first-order chi connectivity index (χ1) is 13.7. The Labute approximate surface area is 160 Å². The first kappa shape index (κ1) is 16.2. The summed E-state index contributed by atoms with van der Waals surface area (Å²) >= 11 is 0. The normalized spacial score (nSPS) is 11.1. The summed E-state index contributed by atoms with van der Waals surface area (Å²) in [5, 5.41) is 14.8. The topological polar surface area (TPSA) is 67.5 Å². The van der Waals surface area contributed by atoms with E-state index in [4.69, 9.17) is 0 Å². The highest BCUT2D eigenvalue weighted by Gasteiger charge is 2.14. The Morgan fingerprint density at radius 3 is 2.29 bits per heavy atom. The Bertz CT molecular complexity index is 1370. The van der Waals surface area contributed by atoms with Crippen LogP contribution in [0.5, 0.6) is 5.75 Å². The van der Waals surface area contributed by atoms with Gasteiger partial charge >= 0.3 is 0 Å². The van der Waals surface area contributed by atoms with Crippen LogP contribution in [0.15, 0.2) is 89.7 Å². The maximum Gasteiger partial charge on any atom is 0.282 e. The standard InChI is InChI=1S/C23H15N3O2/c27-17-12-10-15(11-13-17)19-14-21-24-20-9-5-4-8-18(20)23(28)26(21)25-22(19)16-6-2-1-3-7-16/h1-14,27H. The number of nitrogens with zero attached hydrogens (tertiary/aromatic N) is 3. The fourth-order valence-electron chi connectivity index (χ4n) is 3.35. The first-order valence-corrected chi connectivity index (χ1v) is 8.88. The lowest BCUT2D eigenvalue weighted by Gasteiger charge is -2.12. The van der Waals surface area contributed by atoms with Crippen LogP contribution in [0.1, 0.15) is 0 Å². The van der Waals surface area contributed by atoms with Crippen molar-refractivity contribution in [2.45, 2.75) is 0 Å². The van der Waals surface area contributed by atoms with Gasteiger partial charge in [-0.25, -0.2) is 4.98 Å². The highest BCUT2D eigenvalue weighted by atomic mass is 16.3. The molecule has 0 unspecified atom stereocenters. The molecule has 3 aromatic carbocycles. The number of aromatic nitrogens is 3. The fourth-order valence-corrected chi connectivity index (χ4v) is 3.35. The molecule has 0 saturated carbocycles. The highest BCUT2D eigenvalue weighted by molar-refractivity contribution is 5.85. The van der Waals surface area contributed by atoms with E-state index in [0.29, 0.717) is 22.2 Å². The van der Waals surface area contributed by atoms with Crippen LogP contribution in [0.25, 0.3) is 38.9 Å². The molecule has 0 amide bonds. The zero-order chi connectivity index (χ0) is 19.1. The quantitative estimate of drug-likeness (QED) is 0.474. The predicted molar refractivity (Wildman–Crippen MR) is 109 cm³/mol. The van der Waals surface area contributed by atoms with E-state index in [1.807, 2.05) is 66.7 Å². The van der Waals surface area contributed by atoms with E-state index < -0.39 is 0 Å². The van der Waals surface area contributed by atoms with E-state index in [0.717, 1.165) is 16.7 Å². The lowest BCUT2D eigenvalue weighted by atomic mass is 10.00. The second-order valence-corrected chi connectivity index (χ2v) is 6.52. The molecule has 5 nitrogen and oxygen atoms in total. The van der Waals surface area contributed by atoms with Crippen LogP contribution in [-0.2, 0) is 0 Å². The molecule has 28 heavy (non-hydrogen) atoms. The van der Waals surface area contributed by atoms with Gasteiger partial charge in [0.1, 0.15) is 5.75 Å². The minimum atomic E-state index is -0.199. The zero-order valence-corrected chi connectivity index (χ0v) is 14.8. The monoisotopic (exact) mass is 365 g/mol. The Kier molecular flexibility index (Phi) is 3.66. The van der Waals surface area contributed by atoms with Crippen LogP contribution in [0, 0.1) is 0 Å². The molecule has 1 N–H and O–H groups in total. The van der Waals surface area contributed by atoms with Crippen molar-refractivity contribution in [1.82, 2.24) is 14.6 Å². The SMILES string of the molecule is O=c1c2ccccc2nc2cc(-c3ccc(O)cc3)c(-c3ccccc3)nn12. The smallest absolute Gasteiger partial charge is 0.282 e. The number of benzene rings is 3. The Morgan fingerprint density at radius 2 is 1.50 bits per heavy atom. The van der Waals surface area contributed by atoms with Crippen molar-refractivity contribution in [3.05, 3.63) is 95.3 Å². The van der Waals surface area contributed by atoms with Gasteiger partial charge in [-0.15, -0.1) is 0 Å². The summed E-state index contributed by atoms with van der Waals surface area (Å²) in [6, 6.07) is 25.8. The summed E-state index contributed by atoms with van der Waals surface area (Å²) in [6.45, 7) is 0. The number of phenols is 1. The van der Waals surface area contributed by atoms with Gasteiger partial charge in [-0.2, -0.15) is 9.61 Å². The lowest BCUT2D eigenvalue weighted by molar-refractivity contribution is 0.475. The predicted octanol–water partition coefficient (Wildman–Crippen LogP) is 4.28. The molecule has 0 fully saturated rings. The number of hydrogen-bond donors (Lipinski definition) is 1. The van der Waals surface area contributed by atoms with Crippen LogP contribution in [-0.4, -0.2) is 19.7 Å². The average Bonchev–Trinajstić information content (AvgIpc) is 2.74. The van der Waals surface area contributed by atoms with Crippen LogP contribution < -0.4 is 5.56 Å². The van der Waals surface area contributed by atoms with Crippen molar-refractivity contribution in [3.8, 4) is 28.1 Å². The molecule has 2 aromatic heterocycles. The maximum absolute atomic E-state index is 13.0. The molecule has 0 radical (unpaired) electrons. The van der Waals surface area contributed by atoms with Gasteiger partial charge < -0.3 is 5.11 Å². The van der Waals surface area contributed by atoms with Crippen molar-refractivity contribution in [2.75, 3.05) is 0 Å². The fraction of sp³-hybridized carbons (Fsp3) is 0. The van der Waals surface area contributed by atoms with Crippen molar-refractivity contribution in [3.63, 3.8) is 0 Å². The van der Waals surface area contributed by atoms with E-state index in [1.54, 1.807) is 18.2 Å². The number of para-hydroxylation sites is 1. The maximum atomic E-state index is 13.0. The van der Waals surface area contributed by atoms with Crippen molar-refractivity contribution < 1.29 is 5.11 Å². The van der Waals surface area contributed by atoms with Gasteiger partial charge in [0.2, 0.25) is 0 Å².